The highest BCUT2D eigenvalue weighted by atomic mass is 35.5. The zero-order valence-corrected chi connectivity index (χ0v) is 76.2. The Bertz CT molecular complexity index is 5630. The molecule has 134 heavy (non-hydrogen) atoms. The summed E-state index contributed by atoms with van der Waals surface area (Å²) in [7, 11) is 6.76. The van der Waals surface area contributed by atoms with Crippen LogP contribution >= 0.6 is 24.0 Å². The highest BCUT2D eigenvalue weighted by Crippen LogP contribution is 2.48. The number of amides is 2. The Labute approximate surface area is 776 Å². The lowest BCUT2D eigenvalue weighted by molar-refractivity contribution is -0.270. The summed E-state index contributed by atoms with van der Waals surface area (Å²) in [5.41, 5.74) is -7.45. The molecule has 0 radical (unpaired) electrons. The Hall–Kier alpha value is -12.5. The van der Waals surface area contributed by atoms with E-state index in [1.165, 1.54) is 153 Å². The summed E-state index contributed by atoms with van der Waals surface area (Å²) in [5.74, 6) is -0.531. The summed E-state index contributed by atoms with van der Waals surface area (Å²) in [4.78, 5) is 84.6. The van der Waals surface area contributed by atoms with E-state index in [4.69, 9.17) is 80.0 Å². The van der Waals surface area contributed by atoms with E-state index in [2.05, 4.69) is 35.6 Å². The number of aliphatic hydroxyl groups is 6. The number of ketones is 3. The molecule has 5 aromatic heterocycles. The molecule has 10 rings (SSSR count). The molecule has 10 aromatic rings. The third-order valence-electron chi connectivity index (χ3n) is 20.7. The van der Waals surface area contributed by atoms with Crippen LogP contribution in [0.1, 0.15) is 156 Å². The van der Waals surface area contributed by atoms with E-state index in [9.17, 15) is 78.8 Å². The summed E-state index contributed by atoms with van der Waals surface area (Å²) in [6.07, 6.45) is -19.8. The van der Waals surface area contributed by atoms with Gasteiger partial charge < -0.3 is 94.4 Å². The number of methoxy groups -OCH3 is 5. The third-order valence-corrected chi connectivity index (χ3v) is 20.9. The van der Waals surface area contributed by atoms with E-state index in [1.807, 2.05) is 6.07 Å². The van der Waals surface area contributed by atoms with Gasteiger partial charge in [0.1, 0.15) is 38.2 Å². The highest BCUT2D eigenvalue weighted by Gasteiger charge is 2.59. The summed E-state index contributed by atoms with van der Waals surface area (Å²) in [6.45, 7) is 8.46. The van der Waals surface area contributed by atoms with Gasteiger partial charge in [-0.2, -0.15) is 39.5 Å². The number of benzene rings is 5. The maximum Gasteiger partial charge on any atom is 0.422 e. The van der Waals surface area contributed by atoms with Crippen LogP contribution in [-0.4, -0.2) is 179 Å². The van der Waals surface area contributed by atoms with Crippen molar-refractivity contribution in [2.75, 3.05) is 75.2 Å². The molecular formula is C94H103Cl2F9N8O21. The van der Waals surface area contributed by atoms with Crippen molar-refractivity contribution in [3.05, 3.63) is 255 Å². The van der Waals surface area contributed by atoms with Gasteiger partial charge in [-0.15, -0.1) is 12.4 Å². The number of rotatable bonds is 40. The standard InChI is InChI=1S/C36H38F3N3O8.C30H32ClF3N2O7.C28H32F3N3O6.ClH/c1-34(2,42-33(45)50-22-23-8-6-5-7-9-23)26-20-27(24-13-15-40-32(19-24)48-4)41-31(21-26)35(46,36(37,38)39)14-12-28(44)25-10-11-29(49-17-16-43)30(18-25)47-3;1-28(2,36-27(39)43-18-19-7-5-4-6-8-19)21-16-25(35-26(31)17-21)29(40,30(32,33)34)12-11-22(38)20-9-10-23(42-14-13-37)24(15-20)41-3;1-26(2,32)19-15-20(17-8-10-33-25(14-17)39-4)34-24(16-19)27(37,28(29,30)31)9-7-21(36)18-5-6-22(40-12-11-35)23(13-18)38-3;/h5-11,13,15,18-21,43,46H,12,14,16-17,22H2,1-4H3,(H,42,45);4-10,15-17,37,40H,11-14,18H2,1-3H3,(H,36,39);5-6,8,10,13-16,35,37H,7,9,11-12,32H2,1-4H3;1H. The largest absolute Gasteiger partial charge is 0.493 e. The van der Waals surface area contributed by atoms with Crippen molar-refractivity contribution in [3.63, 3.8) is 0 Å². The van der Waals surface area contributed by atoms with Crippen LogP contribution in [0.2, 0.25) is 5.15 Å². The SMILES string of the molecule is COc1cc(-c2cc(C(C)(C)N)cc(C(O)(CCC(=O)c3ccc(OCCO)c(OC)c3)C(F)(F)F)n2)ccn1.COc1cc(-c2cc(C(C)(C)NC(=O)OCc3ccccc3)cc(C(O)(CCC(=O)c3ccc(OCCO)c(OC)c3)C(F)(F)F)n2)ccn1.COc1cc(C(=O)CCC(O)(c2cc(C(C)(C)NC(=O)OCc3ccccc3)cc(Cl)n2)C(F)(F)F)ccc1OCCO.Cl. The molecule has 29 nitrogen and oxygen atoms in total. The Balaban J connectivity index is 0.000000275. The van der Waals surface area contributed by atoms with Gasteiger partial charge in [-0.1, -0.05) is 72.3 Å². The molecule has 0 saturated carbocycles. The van der Waals surface area contributed by atoms with Gasteiger partial charge in [-0.05, 0) is 192 Å². The molecule has 722 valence electrons. The first-order chi connectivity index (χ1) is 62.6. The minimum absolute atomic E-state index is 0. The predicted molar refractivity (Wildman–Crippen MR) is 475 cm³/mol. The van der Waals surface area contributed by atoms with Crippen LogP contribution in [0.3, 0.4) is 0 Å². The molecule has 0 aliphatic rings. The maximum atomic E-state index is 14.9. The monoisotopic (exact) mass is 1920 g/mol. The number of Topliss-reactive ketones (excluding diaryl/α,β-unsaturated/α-hetero) is 3. The zero-order chi connectivity index (χ0) is 98.1. The van der Waals surface area contributed by atoms with Crippen molar-refractivity contribution in [1.82, 2.24) is 35.6 Å². The van der Waals surface area contributed by atoms with Crippen LogP contribution in [0.5, 0.6) is 46.3 Å². The fourth-order valence-corrected chi connectivity index (χ4v) is 13.2. The molecule has 0 spiro atoms. The van der Waals surface area contributed by atoms with E-state index in [0.29, 0.717) is 16.7 Å². The van der Waals surface area contributed by atoms with Gasteiger partial charge in [0, 0.05) is 77.1 Å². The number of ether oxygens (including phenoxy) is 10. The normalized spacial score (nSPS) is 13.0. The van der Waals surface area contributed by atoms with E-state index in [1.54, 1.807) is 88.4 Å². The molecule has 10 N–H and O–H groups in total. The minimum Gasteiger partial charge on any atom is -0.493 e. The minimum atomic E-state index is -5.28. The first-order valence-corrected chi connectivity index (χ1v) is 41.3. The van der Waals surface area contributed by atoms with Crippen molar-refractivity contribution < 1.29 is 141 Å². The Kier molecular flexibility index (Phi) is 38.4. The molecule has 0 bridgehead atoms. The molecular weight excluding hydrogens is 1820 g/mol. The molecule has 2 amide bonds. The van der Waals surface area contributed by atoms with E-state index >= 15 is 0 Å². The number of alkyl carbamates (subject to hydrolysis) is 2. The lowest BCUT2D eigenvalue weighted by Gasteiger charge is -2.33. The van der Waals surface area contributed by atoms with Gasteiger partial charge in [0.2, 0.25) is 28.6 Å². The predicted octanol–water partition coefficient (Wildman–Crippen LogP) is 16.4. The Morgan fingerprint density at radius 1 is 0.396 bits per heavy atom. The summed E-state index contributed by atoms with van der Waals surface area (Å²) < 4.78 is 184. The molecule has 3 unspecified atom stereocenters. The van der Waals surface area contributed by atoms with E-state index in [-0.39, 0.29) is 156 Å². The number of aromatic nitrogens is 5. The summed E-state index contributed by atoms with van der Waals surface area (Å²) in [5, 5.41) is 65.4. The maximum absolute atomic E-state index is 14.9. The molecule has 0 aliphatic carbocycles. The Morgan fingerprint density at radius 3 is 1.01 bits per heavy atom. The van der Waals surface area contributed by atoms with Gasteiger partial charge in [0.05, 0.1) is 94.9 Å². The molecule has 40 heteroatoms. The number of halogens is 11. The van der Waals surface area contributed by atoms with Crippen molar-refractivity contribution >= 4 is 53.5 Å². The van der Waals surface area contributed by atoms with E-state index < -0.39 is 137 Å². The number of nitrogens with two attached hydrogens (primary N) is 1. The average molecular weight is 1920 g/mol. The number of aliphatic hydroxyl groups excluding tert-OH is 3. The van der Waals surface area contributed by atoms with Crippen LogP contribution < -0.4 is 54.3 Å². The zero-order valence-electron chi connectivity index (χ0n) is 74.6. The molecule has 3 atom stereocenters. The fraction of sp³-hybridized carbons (Fsp3) is 0.362. The number of nitrogens with zero attached hydrogens (tertiary/aromatic N) is 5. The summed E-state index contributed by atoms with van der Waals surface area (Å²) >= 11 is 6.09. The number of alkyl halides is 9. The fourth-order valence-electron chi connectivity index (χ4n) is 13.0. The van der Waals surface area contributed by atoms with Gasteiger partial charge in [-0.3, -0.25) is 14.4 Å². The topological polar surface area (TPSA) is 414 Å². The third kappa shape index (κ3) is 28.8. The number of hydrogen-bond acceptors (Lipinski definition) is 27. The van der Waals surface area contributed by atoms with Gasteiger partial charge in [0.15, 0.2) is 51.8 Å². The first kappa shape index (κ1) is 108. The second-order valence-corrected chi connectivity index (χ2v) is 31.9. The van der Waals surface area contributed by atoms with Crippen LogP contribution in [0.4, 0.5) is 49.1 Å². The molecule has 5 aromatic carbocycles. The Morgan fingerprint density at radius 2 is 0.709 bits per heavy atom. The van der Waals surface area contributed by atoms with Gasteiger partial charge in [-0.25, -0.2) is 34.5 Å². The lowest BCUT2D eigenvalue weighted by Crippen LogP contribution is -2.45. The van der Waals surface area contributed by atoms with Crippen molar-refractivity contribution in [1.29, 1.82) is 0 Å². The molecule has 0 aliphatic heterocycles. The van der Waals surface area contributed by atoms with Crippen LogP contribution in [0.15, 0.2) is 188 Å². The van der Waals surface area contributed by atoms with Crippen molar-refractivity contribution in [3.8, 4) is 68.8 Å². The van der Waals surface area contributed by atoms with Crippen LogP contribution in [0.25, 0.3) is 22.5 Å². The number of hydrogen-bond donors (Lipinski definition) is 9. The second kappa shape index (κ2) is 47.4. The number of nitrogens with one attached hydrogen (secondary N) is 2. The smallest absolute Gasteiger partial charge is 0.422 e. The highest BCUT2D eigenvalue weighted by molar-refractivity contribution is 6.29. The lowest BCUT2D eigenvalue weighted by atomic mass is 9.86. The first-order valence-electron chi connectivity index (χ1n) is 40.9. The second-order valence-electron chi connectivity index (χ2n) is 31.5. The van der Waals surface area contributed by atoms with Crippen molar-refractivity contribution in [2.24, 2.45) is 5.73 Å². The molecule has 0 fully saturated rings. The summed E-state index contributed by atoms with van der Waals surface area (Å²) in [6, 6.07) is 43.4. The van der Waals surface area contributed by atoms with Gasteiger partial charge >= 0.3 is 30.7 Å². The van der Waals surface area contributed by atoms with Crippen LogP contribution in [-0.2, 0) is 56.1 Å². The quantitative estimate of drug-likeness (QED) is 0.00978. The van der Waals surface area contributed by atoms with Crippen molar-refractivity contribution in [2.45, 2.75) is 145 Å². The van der Waals surface area contributed by atoms with E-state index in [0.717, 1.165) is 29.3 Å². The average Bonchev–Trinajstić information content (AvgIpc) is 0.767. The molecule has 5 heterocycles. The molecule has 0 saturated heterocycles. The van der Waals surface area contributed by atoms with Gasteiger partial charge in [0.25, 0.3) is 0 Å². The number of pyridine rings is 5. The number of carbonyl (C=O) groups is 5. The van der Waals surface area contributed by atoms with Crippen LogP contribution in [0, 0.1) is 0 Å². The number of carbonyl (C=O) groups excluding carboxylic acids is 5.